The molecule has 1 aliphatic rings. The molecule has 96 valence electrons. The lowest BCUT2D eigenvalue weighted by molar-refractivity contribution is 0.457. The highest BCUT2D eigenvalue weighted by atomic mass is 79.9. The van der Waals surface area contributed by atoms with E-state index in [4.69, 9.17) is 4.98 Å². The SMILES string of the molecule is Cc1cccn2c(Br)c(C3C(C)(C)C3(C)C)nc12. The van der Waals surface area contributed by atoms with Gasteiger partial charge in [0.25, 0.3) is 0 Å². The number of aryl methyl sites for hydroxylation is 1. The van der Waals surface area contributed by atoms with E-state index < -0.39 is 0 Å². The summed E-state index contributed by atoms with van der Waals surface area (Å²) < 4.78 is 3.26. The number of fused-ring (bicyclic) bond motifs is 1. The van der Waals surface area contributed by atoms with Crippen molar-refractivity contribution in [1.29, 1.82) is 0 Å². The van der Waals surface area contributed by atoms with Gasteiger partial charge < -0.3 is 0 Å². The molecule has 3 heteroatoms. The lowest BCUT2D eigenvalue weighted by atomic mass is 10.0. The summed E-state index contributed by atoms with van der Waals surface area (Å²) in [5, 5.41) is 0. The first kappa shape index (κ1) is 12.2. The van der Waals surface area contributed by atoms with E-state index in [-0.39, 0.29) is 0 Å². The second kappa shape index (κ2) is 3.38. The van der Waals surface area contributed by atoms with Crippen LogP contribution < -0.4 is 0 Å². The highest BCUT2D eigenvalue weighted by Crippen LogP contribution is 2.74. The normalized spacial score (nSPS) is 21.4. The molecule has 3 rings (SSSR count). The van der Waals surface area contributed by atoms with Crippen LogP contribution in [0.1, 0.15) is 44.9 Å². The van der Waals surface area contributed by atoms with Crippen LogP contribution in [0.4, 0.5) is 0 Å². The van der Waals surface area contributed by atoms with Crippen LogP contribution in [0.15, 0.2) is 22.9 Å². The number of pyridine rings is 1. The Morgan fingerprint density at radius 1 is 1.22 bits per heavy atom. The number of rotatable bonds is 1. The molecule has 0 N–H and O–H groups in total. The first-order valence-electron chi connectivity index (χ1n) is 6.41. The third-order valence-electron chi connectivity index (χ3n) is 5.11. The smallest absolute Gasteiger partial charge is 0.140 e. The van der Waals surface area contributed by atoms with Gasteiger partial charge in [0.1, 0.15) is 10.3 Å². The van der Waals surface area contributed by atoms with Gasteiger partial charge in [-0.1, -0.05) is 33.8 Å². The van der Waals surface area contributed by atoms with Crippen LogP contribution in [-0.4, -0.2) is 9.38 Å². The Bertz CT molecular complexity index is 623. The minimum absolute atomic E-state index is 0.321. The summed E-state index contributed by atoms with van der Waals surface area (Å²) in [6.45, 7) is 11.5. The molecule has 0 aromatic carbocycles. The van der Waals surface area contributed by atoms with Crippen molar-refractivity contribution >= 4 is 21.6 Å². The number of nitrogens with zero attached hydrogens (tertiary/aromatic N) is 2. The summed E-state index contributed by atoms with van der Waals surface area (Å²) in [7, 11) is 0. The lowest BCUT2D eigenvalue weighted by Gasteiger charge is -2.03. The van der Waals surface area contributed by atoms with Gasteiger partial charge >= 0.3 is 0 Å². The number of halogens is 1. The fourth-order valence-corrected chi connectivity index (χ4v) is 3.86. The zero-order valence-corrected chi connectivity index (χ0v) is 13.2. The molecule has 2 aromatic heterocycles. The molecule has 0 radical (unpaired) electrons. The van der Waals surface area contributed by atoms with Gasteiger partial charge in [0, 0.05) is 12.1 Å². The standard InChI is InChI=1S/C15H19BrN2/c1-9-7-6-8-18-12(16)10(17-13(9)18)11-14(2,3)15(11,4)5/h6-8,11H,1-5H3. The summed E-state index contributed by atoms with van der Waals surface area (Å²) >= 11 is 3.73. The number of hydrogen-bond donors (Lipinski definition) is 0. The minimum atomic E-state index is 0.321. The van der Waals surface area contributed by atoms with E-state index in [9.17, 15) is 0 Å². The van der Waals surface area contributed by atoms with Crippen molar-refractivity contribution in [2.45, 2.75) is 40.5 Å². The molecule has 1 aliphatic carbocycles. The van der Waals surface area contributed by atoms with Crippen LogP contribution in [-0.2, 0) is 0 Å². The third kappa shape index (κ3) is 1.31. The quantitative estimate of drug-likeness (QED) is 0.755. The fraction of sp³-hybridized carbons (Fsp3) is 0.533. The summed E-state index contributed by atoms with van der Waals surface area (Å²) in [6.07, 6.45) is 2.07. The molecule has 0 aliphatic heterocycles. The topological polar surface area (TPSA) is 17.3 Å². The second-order valence-electron chi connectivity index (χ2n) is 6.55. The molecule has 2 aromatic rings. The average molecular weight is 307 g/mol. The lowest BCUT2D eigenvalue weighted by Crippen LogP contribution is -1.95. The van der Waals surface area contributed by atoms with Gasteiger partial charge in [-0.15, -0.1) is 0 Å². The minimum Gasteiger partial charge on any atom is -0.294 e. The molecule has 0 unspecified atom stereocenters. The van der Waals surface area contributed by atoms with Crippen LogP contribution in [0.2, 0.25) is 0 Å². The van der Waals surface area contributed by atoms with E-state index in [1.54, 1.807) is 0 Å². The predicted octanol–water partition coefficient (Wildman–Crippen LogP) is 4.55. The molecule has 0 bridgehead atoms. The molecule has 0 saturated heterocycles. The molecule has 1 fully saturated rings. The number of aromatic nitrogens is 2. The Kier molecular flexibility index (Phi) is 2.30. The van der Waals surface area contributed by atoms with Crippen LogP contribution in [0, 0.1) is 17.8 Å². The molecule has 1 saturated carbocycles. The first-order valence-corrected chi connectivity index (χ1v) is 7.21. The molecule has 2 heterocycles. The van der Waals surface area contributed by atoms with Gasteiger partial charge in [-0.25, -0.2) is 4.98 Å². The van der Waals surface area contributed by atoms with Gasteiger partial charge in [-0.2, -0.15) is 0 Å². The second-order valence-corrected chi connectivity index (χ2v) is 7.30. The van der Waals surface area contributed by atoms with Gasteiger partial charge in [0.2, 0.25) is 0 Å². The largest absolute Gasteiger partial charge is 0.294 e. The van der Waals surface area contributed by atoms with E-state index in [1.807, 2.05) is 0 Å². The number of imidazole rings is 1. The number of hydrogen-bond acceptors (Lipinski definition) is 1. The predicted molar refractivity (Wildman–Crippen MR) is 77.9 cm³/mol. The van der Waals surface area contributed by atoms with Crippen molar-refractivity contribution in [2.75, 3.05) is 0 Å². The van der Waals surface area contributed by atoms with Crippen molar-refractivity contribution < 1.29 is 0 Å². The molecule has 0 spiro atoms. The molecular formula is C15H19BrN2. The van der Waals surface area contributed by atoms with Crippen molar-refractivity contribution in [1.82, 2.24) is 9.38 Å². The maximum Gasteiger partial charge on any atom is 0.140 e. The highest BCUT2D eigenvalue weighted by Gasteiger charge is 2.66. The first-order chi connectivity index (χ1) is 8.28. The van der Waals surface area contributed by atoms with Crippen molar-refractivity contribution in [3.8, 4) is 0 Å². The van der Waals surface area contributed by atoms with Crippen LogP contribution in [0.5, 0.6) is 0 Å². The zero-order chi connectivity index (χ0) is 13.3. The van der Waals surface area contributed by atoms with Crippen molar-refractivity contribution in [3.05, 3.63) is 34.2 Å². The third-order valence-corrected chi connectivity index (χ3v) is 5.89. The molecular weight excluding hydrogens is 288 g/mol. The van der Waals surface area contributed by atoms with Crippen LogP contribution >= 0.6 is 15.9 Å². The zero-order valence-electron chi connectivity index (χ0n) is 11.6. The average Bonchev–Trinajstić information content (AvgIpc) is 2.55. The van der Waals surface area contributed by atoms with Crippen molar-refractivity contribution in [3.63, 3.8) is 0 Å². The molecule has 0 atom stereocenters. The van der Waals surface area contributed by atoms with Crippen molar-refractivity contribution in [2.24, 2.45) is 10.8 Å². The fourth-order valence-electron chi connectivity index (χ4n) is 3.26. The summed E-state index contributed by atoms with van der Waals surface area (Å²) in [4.78, 5) is 4.88. The van der Waals surface area contributed by atoms with E-state index in [0.717, 1.165) is 10.3 Å². The monoisotopic (exact) mass is 306 g/mol. The summed E-state index contributed by atoms with van der Waals surface area (Å²) in [5.41, 5.74) is 4.14. The van der Waals surface area contributed by atoms with Gasteiger partial charge in [-0.3, -0.25) is 4.40 Å². The van der Waals surface area contributed by atoms with Gasteiger partial charge in [0.05, 0.1) is 5.69 Å². The molecule has 0 amide bonds. The van der Waals surface area contributed by atoms with Crippen LogP contribution in [0.25, 0.3) is 5.65 Å². The maximum absolute atomic E-state index is 4.88. The molecule has 18 heavy (non-hydrogen) atoms. The Morgan fingerprint density at radius 2 is 1.83 bits per heavy atom. The van der Waals surface area contributed by atoms with Gasteiger partial charge in [-0.05, 0) is 45.3 Å². The Morgan fingerprint density at radius 3 is 2.33 bits per heavy atom. The van der Waals surface area contributed by atoms with E-state index in [2.05, 4.69) is 73.3 Å². The Balaban J connectivity index is 2.22. The van der Waals surface area contributed by atoms with Gasteiger partial charge in [0.15, 0.2) is 0 Å². The van der Waals surface area contributed by atoms with Crippen LogP contribution in [0.3, 0.4) is 0 Å². The van der Waals surface area contributed by atoms with E-state index >= 15 is 0 Å². The summed E-state index contributed by atoms with van der Waals surface area (Å²) in [5.74, 6) is 0.527. The van der Waals surface area contributed by atoms with E-state index in [0.29, 0.717) is 16.7 Å². The van der Waals surface area contributed by atoms with E-state index in [1.165, 1.54) is 11.3 Å². The molecule has 2 nitrogen and oxygen atoms in total. The highest BCUT2D eigenvalue weighted by molar-refractivity contribution is 9.10. The Hall–Kier alpha value is -0.830. The maximum atomic E-state index is 4.88. The Labute approximate surface area is 117 Å². The summed E-state index contributed by atoms with van der Waals surface area (Å²) in [6, 6.07) is 4.18.